The Labute approximate surface area is 148 Å². The quantitative estimate of drug-likeness (QED) is 0.787. The van der Waals surface area contributed by atoms with Gasteiger partial charge in [0.2, 0.25) is 0 Å². The normalized spacial score (nSPS) is 18.7. The van der Waals surface area contributed by atoms with Gasteiger partial charge in [-0.2, -0.15) is 0 Å². The number of amides is 2. The number of pyridine rings is 1. The van der Waals surface area contributed by atoms with Gasteiger partial charge in [-0.3, -0.25) is 24.3 Å². The summed E-state index contributed by atoms with van der Waals surface area (Å²) in [6.45, 7) is 1.08. The predicted molar refractivity (Wildman–Crippen MR) is 92.7 cm³/mol. The molecule has 0 radical (unpaired) electrons. The van der Waals surface area contributed by atoms with Gasteiger partial charge in [0.05, 0.1) is 22.9 Å². The summed E-state index contributed by atoms with van der Waals surface area (Å²) >= 11 is 0. The molecule has 1 atom stereocenters. The molecule has 134 valence electrons. The third-order valence-electron chi connectivity index (χ3n) is 4.51. The van der Waals surface area contributed by atoms with Gasteiger partial charge in [-0.1, -0.05) is 12.1 Å². The number of rotatable bonds is 4. The summed E-state index contributed by atoms with van der Waals surface area (Å²) in [6.07, 6.45) is 1.93. The highest BCUT2D eigenvalue weighted by molar-refractivity contribution is 6.23. The maximum Gasteiger partial charge on any atom is 0.262 e. The molecule has 1 unspecified atom stereocenters. The number of anilines is 1. The minimum atomic E-state index is -0.621. The second-order valence-electron chi connectivity index (χ2n) is 6.19. The molecule has 1 aromatic carbocycles. The summed E-state index contributed by atoms with van der Waals surface area (Å²) in [7, 11) is 0. The van der Waals surface area contributed by atoms with Crippen LogP contribution in [0.4, 0.5) is 5.82 Å². The molecule has 2 aromatic rings. The first-order chi connectivity index (χ1) is 12.6. The number of hydrogen-bond donors (Lipinski definition) is 2. The van der Waals surface area contributed by atoms with E-state index in [2.05, 4.69) is 5.32 Å². The molecule has 1 fully saturated rings. The van der Waals surface area contributed by atoms with Crippen molar-refractivity contribution in [2.75, 3.05) is 18.9 Å². The van der Waals surface area contributed by atoms with E-state index in [0.717, 1.165) is 25.5 Å². The molecule has 26 heavy (non-hydrogen) atoms. The van der Waals surface area contributed by atoms with Gasteiger partial charge in [0, 0.05) is 12.7 Å². The number of nitrogens with two attached hydrogens (primary N) is 1. The Morgan fingerprint density at radius 3 is 2.81 bits per heavy atom. The predicted octanol–water partition coefficient (Wildman–Crippen LogP) is 0.861. The maximum absolute atomic E-state index is 12.6. The number of imide groups is 1. The summed E-state index contributed by atoms with van der Waals surface area (Å²) in [5.41, 5.74) is 5.96. The third kappa shape index (κ3) is 2.64. The SMILES string of the molecule is Nc1c2c(cc(=O)n1-c1ccccc1OCC1CCCO1)C(=O)NC2=O. The summed E-state index contributed by atoms with van der Waals surface area (Å²) in [5, 5.41) is 2.15. The van der Waals surface area contributed by atoms with Crippen molar-refractivity contribution in [2.45, 2.75) is 18.9 Å². The Bertz CT molecular complexity index is 960. The summed E-state index contributed by atoms with van der Waals surface area (Å²) in [5.74, 6) is -0.886. The maximum atomic E-state index is 12.6. The van der Waals surface area contributed by atoms with Gasteiger partial charge in [0.25, 0.3) is 17.4 Å². The fourth-order valence-corrected chi connectivity index (χ4v) is 3.25. The van der Waals surface area contributed by atoms with Gasteiger partial charge in [0.1, 0.15) is 18.2 Å². The van der Waals surface area contributed by atoms with E-state index in [4.69, 9.17) is 15.2 Å². The van der Waals surface area contributed by atoms with Gasteiger partial charge in [-0.25, -0.2) is 0 Å². The van der Waals surface area contributed by atoms with Crippen LogP contribution in [-0.2, 0) is 4.74 Å². The zero-order chi connectivity index (χ0) is 18.3. The highest BCUT2D eigenvalue weighted by Gasteiger charge is 2.32. The molecular formula is C18H17N3O5. The zero-order valence-corrected chi connectivity index (χ0v) is 13.9. The van der Waals surface area contributed by atoms with Gasteiger partial charge in [-0.15, -0.1) is 0 Å². The minimum Gasteiger partial charge on any atom is -0.489 e. The van der Waals surface area contributed by atoms with Crippen LogP contribution in [0, 0.1) is 0 Å². The molecule has 0 bridgehead atoms. The number of para-hydroxylation sites is 2. The van der Waals surface area contributed by atoms with Crippen molar-refractivity contribution in [3.63, 3.8) is 0 Å². The van der Waals surface area contributed by atoms with Crippen LogP contribution in [0.25, 0.3) is 5.69 Å². The molecule has 2 aliphatic heterocycles. The van der Waals surface area contributed by atoms with E-state index < -0.39 is 17.4 Å². The molecular weight excluding hydrogens is 338 g/mol. The molecule has 8 nitrogen and oxygen atoms in total. The number of aromatic nitrogens is 1. The van der Waals surface area contributed by atoms with Gasteiger partial charge < -0.3 is 15.2 Å². The van der Waals surface area contributed by atoms with E-state index in [0.29, 0.717) is 18.0 Å². The Balaban J connectivity index is 1.77. The van der Waals surface area contributed by atoms with E-state index in [1.165, 1.54) is 4.57 Å². The van der Waals surface area contributed by atoms with Crippen molar-refractivity contribution in [3.8, 4) is 11.4 Å². The van der Waals surface area contributed by atoms with Crippen LogP contribution in [0.5, 0.6) is 5.75 Å². The van der Waals surface area contributed by atoms with Gasteiger partial charge in [0.15, 0.2) is 0 Å². The summed E-state index contributed by atoms with van der Waals surface area (Å²) < 4.78 is 12.6. The molecule has 0 spiro atoms. The first-order valence-electron chi connectivity index (χ1n) is 8.31. The fourth-order valence-electron chi connectivity index (χ4n) is 3.25. The van der Waals surface area contributed by atoms with Crippen molar-refractivity contribution in [2.24, 2.45) is 0 Å². The van der Waals surface area contributed by atoms with Crippen molar-refractivity contribution in [3.05, 3.63) is 51.8 Å². The molecule has 2 amide bonds. The van der Waals surface area contributed by atoms with Crippen molar-refractivity contribution < 1.29 is 19.1 Å². The zero-order valence-electron chi connectivity index (χ0n) is 13.9. The van der Waals surface area contributed by atoms with E-state index in [-0.39, 0.29) is 23.0 Å². The van der Waals surface area contributed by atoms with Crippen molar-refractivity contribution in [1.29, 1.82) is 0 Å². The smallest absolute Gasteiger partial charge is 0.262 e. The summed E-state index contributed by atoms with van der Waals surface area (Å²) in [4.78, 5) is 36.3. The second-order valence-corrected chi connectivity index (χ2v) is 6.19. The van der Waals surface area contributed by atoms with E-state index in [1.807, 2.05) is 0 Å². The minimum absolute atomic E-state index is 0.00327. The number of ether oxygens (including phenoxy) is 2. The number of carbonyl (C=O) groups is 2. The third-order valence-corrected chi connectivity index (χ3v) is 4.51. The number of fused-ring (bicyclic) bond motifs is 1. The lowest BCUT2D eigenvalue weighted by atomic mass is 10.1. The highest BCUT2D eigenvalue weighted by atomic mass is 16.5. The van der Waals surface area contributed by atoms with Gasteiger partial charge >= 0.3 is 0 Å². The second kappa shape index (κ2) is 6.30. The lowest BCUT2D eigenvalue weighted by Crippen LogP contribution is -2.25. The Hall–Kier alpha value is -3.13. The number of nitrogen functional groups attached to an aromatic ring is 1. The monoisotopic (exact) mass is 355 g/mol. The Morgan fingerprint density at radius 1 is 1.23 bits per heavy atom. The Morgan fingerprint density at radius 2 is 2.04 bits per heavy atom. The molecule has 4 rings (SSSR count). The lowest BCUT2D eigenvalue weighted by molar-refractivity contribution is 0.0679. The van der Waals surface area contributed by atoms with Crippen LogP contribution in [0.15, 0.2) is 35.1 Å². The van der Waals surface area contributed by atoms with Crippen molar-refractivity contribution >= 4 is 17.6 Å². The molecule has 3 heterocycles. The largest absolute Gasteiger partial charge is 0.489 e. The molecule has 0 saturated carbocycles. The van der Waals surface area contributed by atoms with Crippen LogP contribution in [0.3, 0.4) is 0 Å². The molecule has 1 saturated heterocycles. The van der Waals surface area contributed by atoms with E-state index in [1.54, 1.807) is 24.3 Å². The number of carbonyl (C=O) groups excluding carboxylic acids is 2. The highest BCUT2D eigenvalue weighted by Crippen LogP contribution is 2.28. The average molecular weight is 355 g/mol. The lowest BCUT2D eigenvalue weighted by Gasteiger charge is -2.17. The van der Waals surface area contributed by atoms with Crippen LogP contribution in [0.1, 0.15) is 33.6 Å². The topological polar surface area (TPSA) is 113 Å². The van der Waals surface area contributed by atoms with E-state index >= 15 is 0 Å². The van der Waals surface area contributed by atoms with Crippen LogP contribution in [0.2, 0.25) is 0 Å². The number of hydrogen-bond acceptors (Lipinski definition) is 6. The van der Waals surface area contributed by atoms with Gasteiger partial charge in [-0.05, 0) is 25.0 Å². The van der Waals surface area contributed by atoms with Crippen molar-refractivity contribution in [1.82, 2.24) is 9.88 Å². The molecule has 0 aliphatic carbocycles. The fraction of sp³-hybridized carbons (Fsp3) is 0.278. The van der Waals surface area contributed by atoms with E-state index in [9.17, 15) is 14.4 Å². The first kappa shape index (κ1) is 16.3. The number of nitrogens with one attached hydrogen (secondary N) is 1. The Kier molecular flexibility index (Phi) is 3.96. The molecule has 2 aliphatic rings. The number of benzene rings is 1. The van der Waals surface area contributed by atoms with Crippen LogP contribution in [-0.4, -0.2) is 35.7 Å². The van der Waals surface area contributed by atoms with Crippen LogP contribution < -0.4 is 21.3 Å². The van der Waals surface area contributed by atoms with Crippen LogP contribution >= 0.6 is 0 Å². The summed E-state index contributed by atoms with van der Waals surface area (Å²) in [6, 6.07) is 8.01. The molecule has 1 aromatic heterocycles. The molecule has 3 N–H and O–H groups in total. The first-order valence-corrected chi connectivity index (χ1v) is 8.31. The average Bonchev–Trinajstić information content (AvgIpc) is 3.22. The molecule has 8 heteroatoms. The standard InChI is InChI=1S/C18H17N3O5/c19-16-15-11(17(23)20-18(15)24)8-14(22)21(16)12-5-1-2-6-13(12)26-9-10-4-3-7-25-10/h1-2,5-6,8,10H,3-4,7,9,19H2,(H,20,23,24). The number of nitrogens with zero attached hydrogens (tertiary/aromatic N) is 1.